The molecule has 1 N–H and O–H groups in total. The number of alkyl carbamates (subject to hydrolysis) is 1. The summed E-state index contributed by atoms with van der Waals surface area (Å²) >= 11 is 0. The summed E-state index contributed by atoms with van der Waals surface area (Å²) in [6.07, 6.45) is 3.38. The number of carbonyl (C=O) groups excluding carboxylic acids is 2. The molecule has 6 nitrogen and oxygen atoms in total. The number of ether oxygens (including phenoxy) is 1. The molecule has 2 aliphatic heterocycles. The van der Waals surface area contributed by atoms with Crippen molar-refractivity contribution in [1.82, 2.24) is 10.2 Å². The van der Waals surface area contributed by atoms with Gasteiger partial charge in [-0.25, -0.2) is 4.79 Å². The predicted molar refractivity (Wildman–Crippen MR) is 106 cm³/mol. The summed E-state index contributed by atoms with van der Waals surface area (Å²) in [5.41, 5.74) is 1.84. The van der Waals surface area contributed by atoms with Crippen LogP contribution in [0.1, 0.15) is 45.6 Å². The van der Waals surface area contributed by atoms with Crippen LogP contribution in [-0.4, -0.2) is 54.7 Å². The molecule has 0 bridgehead atoms. The minimum absolute atomic E-state index is 0.113. The van der Waals surface area contributed by atoms with E-state index in [2.05, 4.69) is 16.3 Å². The van der Waals surface area contributed by atoms with Gasteiger partial charge in [-0.15, -0.1) is 0 Å². The Labute approximate surface area is 161 Å². The number of benzene rings is 1. The van der Waals surface area contributed by atoms with Crippen molar-refractivity contribution < 1.29 is 14.3 Å². The maximum absolute atomic E-state index is 12.8. The van der Waals surface area contributed by atoms with Gasteiger partial charge in [0.2, 0.25) is 5.91 Å². The standard InChI is InChI=1S/C21H31N3O3/c1-21(2,3)27-20(26)22-17-10-13-23(14-11-17)15-19(25)24-12-6-8-16-7-4-5-9-18(16)24/h4-5,7,9,17H,6,8,10-15H2,1-3H3,(H,22,26). The van der Waals surface area contributed by atoms with Crippen molar-refractivity contribution in [2.45, 2.75) is 58.1 Å². The molecule has 2 aliphatic rings. The summed E-state index contributed by atoms with van der Waals surface area (Å²) in [6.45, 7) is 8.43. The Morgan fingerprint density at radius 1 is 1.15 bits per heavy atom. The number of amides is 2. The smallest absolute Gasteiger partial charge is 0.407 e. The van der Waals surface area contributed by atoms with Gasteiger partial charge >= 0.3 is 6.09 Å². The average molecular weight is 373 g/mol. The lowest BCUT2D eigenvalue weighted by atomic mass is 10.0. The van der Waals surface area contributed by atoms with Crippen molar-refractivity contribution in [3.8, 4) is 0 Å². The van der Waals surface area contributed by atoms with Crippen LogP contribution in [0.25, 0.3) is 0 Å². The number of rotatable bonds is 3. The second kappa shape index (κ2) is 8.30. The molecule has 0 aromatic heterocycles. The van der Waals surface area contributed by atoms with Gasteiger partial charge in [-0.2, -0.15) is 0 Å². The van der Waals surface area contributed by atoms with Crippen LogP contribution in [0.3, 0.4) is 0 Å². The van der Waals surface area contributed by atoms with Gasteiger partial charge in [-0.3, -0.25) is 9.69 Å². The number of nitrogens with zero attached hydrogens (tertiary/aromatic N) is 2. The van der Waals surface area contributed by atoms with Crippen molar-refractivity contribution in [2.24, 2.45) is 0 Å². The van der Waals surface area contributed by atoms with E-state index in [4.69, 9.17) is 4.74 Å². The highest BCUT2D eigenvalue weighted by molar-refractivity contribution is 5.95. The molecule has 1 aromatic carbocycles. The first-order chi connectivity index (χ1) is 12.8. The molecule has 148 valence electrons. The Morgan fingerprint density at radius 3 is 2.56 bits per heavy atom. The van der Waals surface area contributed by atoms with E-state index in [1.54, 1.807) is 0 Å². The lowest BCUT2D eigenvalue weighted by molar-refractivity contribution is -0.120. The van der Waals surface area contributed by atoms with Crippen molar-refractivity contribution in [3.05, 3.63) is 29.8 Å². The first kappa shape index (κ1) is 19.7. The van der Waals surface area contributed by atoms with Crippen molar-refractivity contribution in [3.63, 3.8) is 0 Å². The normalized spacial score (nSPS) is 18.7. The highest BCUT2D eigenvalue weighted by Gasteiger charge is 2.27. The second-order valence-corrected chi connectivity index (χ2v) is 8.47. The molecule has 1 saturated heterocycles. The number of piperidine rings is 1. The SMILES string of the molecule is CC(C)(C)OC(=O)NC1CCN(CC(=O)N2CCCc3ccccc32)CC1. The fourth-order valence-electron chi connectivity index (χ4n) is 3.78. The molecule has 0 unspecified atom stereocenters. The van der Waals surface area contributed by atoms with Gasteiger partial charge in [-0.05, 0) is 58.1 Å². The predicted octanol–water partition coefficient (Wildman–Crippen LogP) is 2.95. The van der Waals surface area contributed by atoms with Crippen LogP contribution in [-0.2, 0) is 16.0 Å². The molecular formula is C21H31N3O3. The first-order valence-corrected chi connectivity index (χ1v) is 9.92. The Bertz CT molecular complexity index is 675. The van der Waals surface area contributed by atoms with Gasteiger partial charge < -0.3 is 15.0 Å². The third kappa shape index (κ3) is 5.45. The number of carbonyl (C=O) groups is 2. The zero-order chi connectivity index (χ0) is 19.4. The Morgan fingerprint density at radius 2 is 1.85 bits per heavy atom. The second-order valence-electron chi connectivity index (χ2n) is 8.47. The number of anilines is 1. The largest absolute Gasteiger partial charge is 0.444 e. The molecule has 1 aromatic rings. The van der Waals surface area contributed by atoms with E-state index in [9.17, 15) is 9.59 Å². The van der Waals surface area contributed by atoms with Gasteiger partial charge in [0.15, 0.2) is 0 Å². The number of hydrogen-bond donors (Lipinski definition) is 1. The summed E-state index contributed by atoms with van der Waals surface area (Å²) < 4.78 is 5.32. The highest BCUT2D eigenvalue weighted by Crippen LogP contribution is 2.27. The third-order valence-corrected chi connectivity index (χ3v) is 5.08. The Balaban J connectivity index is 1.47. The lowest BCUT2D eigenvalue weighted by Gasteiger charge is -2.35. The number of fused-ring (bicyclic) bond motifs is 1. The van der Waals surface area contributed by atoms with Gasteiger partial charge in [0.1, 0.15) is 5.60 Å². The van der Waals surface area contributed by atoms with E-state index in [0.717, 1.165) is 51.0 Å². The summed E-state index contributed by atoms with van der Waals surface area (Å²) in [5, 5.41) is 2.94. The topological polar surface area (TPSA) is 61.9 Å². The number of aryl methyl sites for hydroxylation is 1. The van der Waals surface area contributed by atoms with Crippen LogP contribution in [0.5, 0.6) is 0 Å². The van der Waals surface area contributed by atoms with Crippen LogP contribution in [0, 0.1) is 0 Å². The number of para-hydroxylation sites is 1. The lowest BCUT2D eigenvalue weighted by Crippen LogP contribution is -2.49. The fraction of sp³-hybridized carbons (Fsp3) is 0.619. The number of nitrogens with one attached hydrogen (secondary N) is 1. The molecule has 3 rings (SSSR count). The van der Waals surface area contributed by atoms with Crippen LogP contribution < -0.4 is 10.2 Å². The van der Waals surface area contributed by atoms with Crippen LogP contribution in [0.4, 0.5) is 10.5 Å². The van der Waals surface area contributed by atoms with Crippen molar-refractivity contribution >= 4 is 17.7 Å². The maximum Gasteiger partial charge on any atom is 0.407 e. The minimum atomic E-state index is -0.484. The molecule has 0 spiro atoms. The van der Waals surface area contributed by atoms with E-state index in [1.807, 2.05) is 43.9 Å². The fourth-order valence-corrected chi connectivity index (χ4v) is 3.78. The van der Waals surface area contributed by atoms with E-state index in [-0.39, 0.29) is 18.0 Å². The zero-order valence-corrected chi connectivity index (χ0v) is 16.7. The van der Waals surface area contributed by atoms with Crippen LogP contribution in [0.15, 0.2) is 24.3 Å². The van der Waals surface area contributed by atoms with E-state index in [1.165, 1.54) is 5.56 Å². The van der Waals surface area contributed by atoms with Crippen LogP contribution >= 0.6 is 0 Å². The van der Waals surface area contributed by atoms with Crippen molar-refractivity contribution in [1.29, 1.82) is 0 Å². The van der Waals surface area contributed by atoms with Gasteiger partial charge in [0, 0.05) is 31.4 Å². The van der Waals surface area contributed by atoms with Gasteiger partial charge in [0.25, 0.3) is 0 Å². The zero-order valence-electron chi connectivity index (χ0n) is 16.7. The molecular weight excluding hydrogens is 342 g/mol. The van der Waals surface area contributed by atoms with Gasteiger partial charge in [0.05, 0.1) is 6.54 Å². The highest BCUT2D eigenvalue weighted by atomic mass is 16.6. The minimum Gasteiger partial charge on any atom is -0.444 e. The first-order valence-electron chi connectivity index (χ1n) is 9.92. The molecule has 2 amide bonds. The molecule has 1 fully saturated rings. The molecule has 2 heterocycles. The quantitative estimate of drug-likeness (QED) is 0.885. The summed E-state index contributed by atoms with van der Waals surface area (Å²) in [5.74, 6) is 0.167. The van der Waals surface area contributed by atoms with Gasteiger partial charge in [-0.1, -0.05) is 18.2 Å². The van der Waals surface area contributed by atoms with Crippen LogP contribution in [0.2, 0.25) is 0 Å². The average Bonchev–Trinajstić information content (AvgIpc) is 2.61. The molecule has 6 heteroatoms. The van der Waals surface area contributed by atoms with E-state index in [0.29, 0.717) is 6.54 Å². The summed E-state index contributed by atoms with van der Waals surface area (Å²) in [4.78, 5) is 28.9. The van der Waals surface area contributed by atoms with E-state index < -0.39 is 5.60 Å². The number of hydrogen-bond acceptors (Lipinski definition) is 4. The third-order valence-electron chi connectivity index (χ3n) is 5.08. The van der Waals surface area contributed by atoms with E-state index >= 15 is 0 Å². The Kier molecular flexibility index (Phi) is 6.05. The molecule has 0 saturated carbocycles. The maximum atomic E-state index is 12.8. The number of likely N-dealkylation sites (tertiary alicyclic amines) is 1. The summed E-state index contributed by atoms with van der Waals surface area (Å²) in [7, 11) is 0. The molecule has 0 atom stereocenters. The van der Waals surface area contributed by atoms with Crippen molar-refractivity contribution in [2.75, 3.05) is 31.1 Å². The Hall–Kier alpha value is -2.08. The molecule has 0 aliphatic carbocycles. The molecule has 0 radical (unpaired) electrons. The summed E-state index contributed by atoms with van der Waals surface area (Å²) in [6, 6.07) is 8.31. The molecule has 27 heavy (non-hydrogen) atoms. The monoisotopic (exact) mass is 373 g/mol.